The van der Waals surface area contributed by atoms with Gasteiger partial charge in [0.15, 0.2) is 0 Å². The average molecular weight is 448 g/mol. The highest BCUT2D eigenvalue weighted by Gasteiger charge is 2.22. The molecule has 0 saturated carbocycles. The maximum absolute atomic E-state index is 12.5. The van der Waals surface area contributed by atoms with Crippen LogP contribution in [0.5, 0.6) is 0 Å². The van der Waals surface area contributed by atoms with Crippen molar-refractivity contribution in [3.05, 3.63) is 99.0 Å². The number of rotatable bonds is 6. The molecule has 3 aromatic rings. The Morgan fingerprint density at radius 1 is 0.793 bits per heavy atom. The molecule has 3 nitrogen and oxygen atoms in total. The minimum absolute atomic E-state index is 0.0596. The molecule has 0 heterocycles. The number of carbonyl (C=O) groups excluding carboxylic acids is 1. The summed E-state index contributed by atoms with van der Waals surface area (Å²) in [6, 6.07) is 22.1. The normalized spacial score (nSPS) is 12.8. The van der Waals surface area contributed by atoms with Crippen LogP contribution in [0.1, 0.15) is 24.0 Å². The molecular weight excluding hydrogens is 427 g/mol. The first-order valence-electron chi connectivity index (χ1n) is 9.24. The van der Waals surface area contributed by atoms with Crippen molar-refractivity contribution in [3.63, 3.8) is 0 Å². The van der Waals surface area contributed by atoms with Gasteiger partial charge in [0.25, 0.3) is 0 Å². The van der Waals surface area contributed by atoms with Gasteiger partial charge in [-0.2, -0.15) is 0 Å². The van der Waals surface area contributed by atoms with Crippen LogP contribution in [0.3, 0.4) is 0 Å². The summed E-state index contributed by atoms with van der Waals surface area (Å²) in [5.41, 5.74) is 2.92. The predicted molar refractivity (Wildman–Crippen MR) is 122 cm³/mol. The van der Waals surface area contributed by atoms with Gasteiger partial charge in [-0.3, -0.25) is 0 Å². The number of nitrogens with one attached hydrogen (secondary N) is 2. The number of benzene rings is 3. The topological polar surface area (TPSA) is 41.1 Å². The van der Waals surface area contributed by atoms with Gasteiger partial charge in [-0.15, -0.1) is 0 Å². The largest absolute Gasteiger partial charge is 0.335 e. The van der Waals surface area contributed by atoms with Gasteiger partial charge in [0, 0.05) is 32.7 Å². The van der Waals surface area contributed by atoms with E-state index in [2.05, 4.69) is 10.6 Å². The van der Waals surface area contributed by atoms with Crippen molar-refractivity contribution in [1.29, 1.82) is 0 Å². The van der Waals surface area contributed by atoms with Gasteiger partial charge >= 0.3 is 6.03 Å². The third-order valence-electron chi connectivity index (χ3n) is 4.73. The van der Waals surface area contributed by atoms with E-state index in [1.165, 1.54) is 0 Å². The van der Waals surface area contributed by atoms with E-state index in [0.29, 0.717) is 20.8 Å². The van der Waals surface area contributed by atoms with Crippen molar-refractivity contribution in [2.45, 2.75) is 25.3 Å². The van der Waals surface area contributed by atoms with Gasteiger partial charge < -0.3 is 10.6 Å². The van der Waals surface area contributed by atoms with Crippen LogP contribution in [0.25, 0.3) is 0 Å². The molecule has 0 spiro atoms. The number of urea groups is 1. The lowest BCUT2D eigenvalue weighted by molar-refractivity contribution is 0.247. The molecule has 150 valence electrons. The summed E-state index contributed by atoms with van der Waals surface area (Å²) in [7, 11) is 0. The summed E-state index contributed by atoms with van der Waals surface area (Å²) >= 11 is 18.0. The van der Waals surface area contributed by atoms with Crippen molar-refractivity contribution in [1.82, 2.24) is 5.32 Å². The second-order valence-electron chi connectivity index (χ2n) is 6.88. The Kier molecular flexibility index (Phi) is 7.43. The Labute approximate surface area is 186 Å². The molecular formula is C23H21Cl3N2O. The number of hydrogen-bond donors (Lipinski definition) is 2. The van der Waals surface area contributed by atoms with E-state index >= 15 is 0 Å². The first kappa shape index (κ1) is 21.5. The third-order valence-corrected chi connectivity index (χ3v) is 5.49. The number of amides is 2. The smallest absolute Gasteiger partial charge is 0.319 e. The quantitative estimate of drug-likeness (QED) is 0.412. The lowest BCUT2D eigenvalue weighted by atomic mass is 9.86. The molecule has 29 heavy (non-hydrogen) atoms. The lowest BCUT2D eigenvalue weighted by Crippen LogP contribution is -2.40. The first-order chi connectivity index (χ1) is 13.9. The van der Waals surface area contributed by atoms with Crippen LogP contribution in [-0.2, 0) is 6.42 Å². The molecule has 0 aliphatic rings. The minimum atomic E-state index is -0.269. The fourth-order valence-corrected chi connectivity index (χ4v) is 3.55. The van der Waals surface area contributed by atoms with Crippen LogP contribution in [0, 0.1) is 0 Å². The summed E-state index contributed by atoms with van der Waals surface area (Å²) in [4.78, 5) is 12.5. The summed E-state index contributed by atoms with van der Waals surface area (Å²) in [6.07, 6.45) is 0.751. The fourth-order valence-electron chi connectivity index (χ4n) is 3.18. The fraction of sp³-hybridized carbons (Fsp3) is 0.174. The van der Waals surface area contributed by atoms with Gasteiger partial charge in [0.2, 0.25) is 0 Å². The van der Waals surface area contributed by atoms with E-state index in [-0.39, 0.29) is 18.0 Å². The first-order valence-corrected chi connectivity index (χ1v) is 10.4. The van der Waals surface area contributed by atoms with E-state index in [1.54, 1.807) is 24.3 Å². The Morgan fingerprint density at radius 2 is 1.28 bits per heavy atom. The van der Waals surface area contributed by atoms with Crippen molar-refractivity contribution in [3.8, 4) is 0 Å². The Morgan fingerprint density at radius 3 is 1.83 bits per heavy atom. The summed E-state index contributed by atoms with van der Waals surface area (Å²) in [5.74, 6) is 0.0596. The van der Waals surface area contributed by atoms with Crippen molar-refractivity contribution in [2.24, 2.45) is 0 Å². The zero-order valence-corrected chi connectivity index (χ0v) is 18.1. The van der Waals surface area contributed by atoms with Gasteiger partial charge in [-0.05, 0) is 73.0 Å². The number of carbonyl (C=O) groups is 1. The summed E-state index contributed by atoms with van der Waals surface area (Å²) in [5, 5.41) is 7.89. The van der Waals surface area contributed by atoms with E-state index in [4.69, 9.17) is 34.8 Å². The SMILES string of the molecule is CC(NC(=O)Nc1ccc(Cl)cc1)C(Cc1ccc(Cl)cc1)c1ccc(Cl)cc1. The molecule has 6 heteroatoms. The second-order valence-corrected chi connectivity index (χ2v) is 8.19. The monoisotopic (exact) mass is 446 g/mol. The van der Waals surface area contributed by atoms with Gasteiger partial charge in [-0.25, -0.2) is 4.79 Å². The Balaban J connectivity index is 1.74. The van der Waals surface area contributed by atoms with E-state index in [9.17, 15) is 4.79 Å². The Hall–Kier alpha value is -2.20. The molecule has 2 N–H and O–H groups in total. The molecule has 3 rings (SSSR count). The molecule has 0 aliphatic carbocycles. The van der Waals surface area contributed by atoms with Crippen LogP contribution >= 0.6 is 34.8 Å². The summed E-state index contributed by atoms with van der Waals surface area (Å²) in [6.45, 7) is 2.00. The number of halogens is 3. The maximum atomic E-state index is 12.5. The molecule has 3 aromatic carbocycles. The Bertz CT molecular complexity index is 941. The predicted octanol–water partition coefficient (Wildman–Crippen LogP) is 7.18. The molecule has 2 unspecified atom stereocenters. The molecule has 2 atom stereocenters. The zero-order chi connectivity index (χ0) is 20.8. The minimum Gasteiger partial charge on any atom is -0.335 e. The van der Waals surface area contributed by atoms with Gasteiger partial charge in [0.05, 0.1) is 0 Å². The lowest BCUT2D eigenvalue weighted by Gasteiger charge is -2.26. The maximum Gasteiger partial charge on any atom is 0.319 e. The number of hydrogen-bond acceptors (Lipinski definition) is 1. The van der Waals surface area contributed by atoms with E-state index in [0.717, 1.165) is 17.5 Å². The number of anilines is 1. The van der Waals surface area contributed by atoms with Crippen LogP contribution in [0.2, 0.25) is 15.1 Å². The van der Waals surface area contributed by atoms with Crippen LogP contribution < -0.4 is 10.6 Å². The van der Waals surface area contributed by atoms with Gasteiger partial charge in [0.1, 0.15) is 0 Å². The van der Waals surface area contributed by atoms with Crippen LogP contribution in [-0.4, -0.2) is 12.1 Å². The molecule has 0 radical (unpaired) electrons. The van der Waals surface area contributed by atoms with Crippen LogP contribution in [0.4, 0.5) is 10.5 Å². The highest BCUT2D eigenvalue weighted by molar-refractivity contribution is 6.31. The highest BCUT2D eigenvalue weighted by Crippen LogP contribution is 2.27. The standard InChI is InChI=1S/C23H21Cl3N2O/c1-15(27-23(29)28-21-12-10-20(26)11-13-21)22(17-4-8-19(25)9-5-17)14-16-2-6-18(24)7-3-16/h2-13,15,22H,14H2,1H3,(H2,27,28,29). The third kappa shape index (κ3) is 6.40. The molecule has 0 saturated heterocycles. The second kappa shape index (κ2) is 10.0. The van der Waals surface area contributed by atoms with Crippen molar-refractivity contribution >= 4 is 46.5 Å². The molecule has 0 aromatic heterocycles. The van der Waals surface area contributed by atoms with E-state index < -0.39 is 0 Å². The average Bonchev–Trinajstić information content (AvgIpc) is 2.70. The van der Waals surface area contributed by atoms with Gasteiger partial charge in [-0.1, -0.05) is 59.1 Å². The molecule has 0 aliphatic heterocycles. The highest BCUT2D eigenvalue weighted by atomic mass is 35.5. The van der Waals surface area contributed by atoms with E-state index in [1.807, 2.05) is 55.5 Å². The zero-order valence-electron chi connectivity index (χ0n) is 15.8. The van der Waals surface area contributed by atoms with Crippen molar-refractivity contribution < 1.29 is 4.79 Å². The molecule has 2 amide bonds. The van der Waals surface area contributed by atoms with Crippen LogP contribution in [0.15, 0.2) is 72.8 Å². The van der Waals surface area contributed by atoms with Crippen molar-refractivity contribution in [2.75, 3.05) is 5.32 Å². The summed E-state index contributed by atoms with van der Waals surface area (Å²) < 4.78 is 0. The molecule has 0 bridgehead atoms. The molecule has 0 fully saturated rings.